The van der Waals surface area contributed by atoms with E-state index in [0.717, 1.165) is 23.0 Å². The average Bonchev–Trinajstić information content (AvgIpc) is 3.39. The number of aromatic nitrogens is 6. The fourth-order valence-corrected chi connectivity index (χ4v) is 3.10. The van der Waals surface area contributed by atoms with Gasteiger partial charge in [0.2, 0.25) is 5.89 Å². The van der Waals surface area contributed by atoms with Gasteiger partial charge in [0.25, 0.3) is 5.56 Å². The van der Waals surface area contributed by atoms with Crippen LogP contribution in [-0.4, -0.2) is 29.4 Å². The minimum absolute atomic E-state index is 0.226. The first kappa shape index (κ1) is 14.6. The Bertz CT molecular complexity index is 1290. The topological polar surface area (TPSA) is 94.0 Å². The Morgan fingerprint density at radius 1 is 1.23 bits per heavy atom. The number of fused-ring (bicyclic) bond motifs is 2. The molecule has 8 heteroatoms. The van der Waals surface area contributed by atoms with Crippen molar-refractivity contribution < 1.29 is 4.42 Å². The van der Waals surface area contributed by atoms with Crippen molar-refractivity contribution in [2.45, 2.75) is 13.5 Å². The fourth-order valence-electron chi connectivity index (χ4n) is 3.10. The summed E-state index contributed by atoms with van der Waals surface area (Å²) < 4.78 is 8.49. The lowest BCUT2D eigenvalue weighted by Crippen LogP contribution is -2.14. The van der Waals surface area contributed by atoms with Crippen LogP contribution in [0.3, 0.4) is 0 Å². The van der Waals surface area contributed by atoms with Gasteiger partial charge in [-0.1, -0.05) is 12.1 Å². The van der Waals surface area contributed by atoms with E-state index in [4.69, 9.17) is 4.42 Å². The van der Waals surface area contributed by atoms with E-state index in [1.54, 1.807) is 12.3 Å². The van der Waals surface area contributed by atoms with Crippen LogP contribution >= 0.6 is 0 Å². The third kappa shape index (κ3) is 2.16. The summed E-state index contributed by atoms with van der Waals surface area (Å²) in [5.41, 5.74) is 3.50. The van der Waals surface area contributed by atoms with Crippen molar-refractivity contribution in [2.24, 2.45) is 0 Å². The number of H-pyrrole nitrogens is 1. The summed E-state index contributed by atoms with van der Waals surface area (Å²) in [6.07, 6.45) is 4.85. The molecule has 4 aromatic heterocycles. The maximum Gasteiger partial charge on any atom is 0.274 e. The molecular formula is C18H14N6O2. The van der Waals surface area contributed by atoms with Crippen molar-refractivity contribution in [3.05, 3.63) is 59.3 Å². The third-order valence-electron chi connectivity index (χ3n) is 4.36. The van der Waals surface area contributed by atoms with Gasteiger partial charge in [0, 0.05) is 29.6 Å². The minimum atomic E-state index is -0.226. The fraction of sp³-hybridized carbons (Fsp3) is 0.111. The van der Waals surface area contributed by atoms with Crippen LogP contribution in [-0.2, 0) is 6.54 Å². The van der Waals surface area contributed by atoms with Crippen LogP contribution in [0.4, 0.5) is 0 Å². The van der Waals surface area contributed by atoms with E-state index in [9.17, 15) is 4.79 Å². The maximum absolute atomic E-state index is 12.5. The van der Waals surface area contributed by atoms with Crippen LogP contribution in [0.1, 0.15) is 6.92 Å². The molecule has 0 saturated heterocycles. The molecule has 1 aromatic carbocycles. The number of nitrogens with one attached hydrogen (secondary N) is 1. The first-order valence-corrected chi connectivity index (χ1v) is 8.22. The molecule has 128 valence electrons. The number of hydrogen-bond donors (Lipinski definition) is 1. The van der Waals surface area contributed by atoms with E-state index >= 15 is 0 Å². The SMILES string of the molecule is CCn1ncc2ccc(-c3cc(=O)n4nc(-c5ncco5)cc4[nH]3)cc21. The van der Waals surface area contributed by atoms with Crippen molar-refractivity contribution in [2.75, 3.05) is 0 Å². The number of rotatable bonds is 3. The Hall–Kier alpha value is -3.68. The molecule has 0 fully saturated rings. The van der Waals surface area contributed by atoms with Crippen molar-refractivity contribution in [1.29, 1.82) is 0 Å². The molecule has 4 heterocycles. The van der Waals surface area contributed by atoms with E-state index in [-0.39, 0.29) is 5.56 Å². The summed E-state index contributed by atoms with van der Waals surface area (Å²) in [4.78, 5) is 19.8. The number of hydrogen-bond acceptors (Lipinski definition) is 5. The van der Waals surface area contributed by atoms with Gasteiger partial charge in [-0.05, 0) is 13.0 Å². The Morgan fingerprint density at radius 2 is 2.15 bits per heavy atom. The first-order chi connectivity index (χ1) is 12.7. The second-order valence-corrected chi connectivity index (χ2v) is 5.92. The lowest BCUT2D eigenvalue weighted by atomic mass is 10.1. The van der Waals surface area contributed by atoms with E-state index < -0.39 is 0 Å². The molecule has 5 aromatic rings. The van der Waals surface area contributed by atoms with Gasteiger partial charge in [-0.25, -0.2) is 4.98 Å². The molecule has 0 bridgehead atoms. The molecule has 1 N–H and O–H groups in total. The molecule has 0 spiro atoms. The molecule has 0 unspecified atom stereocenters. The third-order valence-corrected chi connectivity index (χ3v) is 4.36. The second-order valence-electron chi connectivity index (χ2n) is 5.92. The van der Waals surface area contributed by atoms with E-state index in [1.165, 1.54) is 16.8 Å². The van der Waals surface area contributed by atoms with Crippen molar-refractivity contribution >= 4 is 16.6 Å². The van der Waals surface area contributed by atoms with Crippen LogP contribution in [0.25, 0.3) is 39.4 Å². The minimum Gasteiger partial charge on any atom is -0.443 e. The number of aromatic amines is 1. The maximum atomic E-state index is 12.5. The molecule has 0 aliphatic heterocycles. The molecule has 0 aliphatic carbocycles. The van der Waals surface area contributed by atoms with Gasteiger partial charge < -0.3 is 9.40 Å². The molecule has 0 atom stereocenters. The molecule has 0 radical (unpaired) electrons. The molecule has 0 saturated carbocycles. The molecule has 8 nitrogen and oxygen atoms in total. The standard InChI is InChI=1S/C18H14N6O2/c1-2-23-15-7-11(3-4-12(15)10-20-23)13-9-17(25)24-16(21-13)8-14(22-24)18-19-5-6-26-18/h3-10,21H,2H2,1H3. The summed E-state index contributed by atoms with van der Waals surface area (Å²) >= 11 is 0. The molecular weight excluding hydrogens is 332 g/mol. The summed E-state index contributed by atoms with van der Waals surface area (Å²) in [7, 11) is 0. The average molecular weight is 346 g/mol. The summed E-state index contributed by atoms with van der Waals surface area (Å²) in [5, 5.41) is 9.69. The Kier molecular flexibility index (Phi) is 3.05. The number of nitrogens with zero attached hydrogens (tertiary/aromatic N) is 5. The van der Waals surface area contributed by atoms with Crippen LogP contribution in [0.5, 0.6) is 0 Å². The number of aryl methyl sites for hydroxylation is 1. The predicted octanol–water partition coefficient (Wildman–Crippen LogP) is 2.71. The monoisotopic (exact) mass is 346 g/mol. The van der Waals surface area contributed by atoms with Gasteiger partial charge >= 0.3 is 0 Å². The van der Waals surface area contributed by atoms with Crippen LogP contribution in [0.2, 0.25) is 0 Å². The molecule has 5 rings (SSSR count). The van der Waals surface area contributed by atoms with Gasteiger partial charge in [0.1, 0.15) is 11.9 Å². The second kappa shape index (κ2) is 5.41. The highest BCUT2D eigenvalue weighted by Gasteiger charge is 2.12. The largest absolute Gasteiger partial charge is 0.443 e. The number of oxazole rings is 1. The molecule has 26 heavy (non-hydrogen) atoms. The smallest absolute Gasteiger partial charge is 0.274 e. The molecule has 0 aliphatic rings. The van der Waals surface area contributed by atoms with Gasteiger partial charge in [-0.2, -0.15) is 14.7 Å². The zero-order valence-corrected chi connectivity index (χ0v) is 13.9. The van der Waals surface area contributed by atoms with Gasteiger partial charge in [-0.3, -0.25) is 9.48 Å². The van der Waals surface area contributed by atoms with Crippen LogP contribution in [0.15, 0.2) is 58.2 Å². The zero-order valence-electron chi connectivity index (χ0n) is 13.9. The van der Waals surface area contributed by atoms with E-state index in [1.807, 2.05) is 36.0 Å². The van der Waals surface area contributed by atoms with Gasteiger partial charge in [-0.15, -0.1) is 0 Å². The van der Waals surface area contributed by atoms with Gasteiger partial charge in [0.15, 0.2) is 5.69 Å². The van der Waals surface area contributed by atoms with Crippen molar-refractivity contribution in [3.8, 4) is 22.8 Å². The van der Waals surface area contributed by atoms with E-state index in [0.29, 0.717) is 22.9 Å². The van der Waals surface area contributed by atoms with E-state index in [2.05, 4.69) is 20.2 Å². The Morgan fingerprint density at radius 3 is 2.96 bits per heavy atom. The van der Waals surface area contributed by atoms with Gasteiger partial charge in [0.05, 0.1) is 23.6 Å². The zero-order chi connectivity index (χ0) is 17.7. The Labute approximate surface area is 146 Å². The highest BCUT2D eigenvalue weighted by molar-refractivity contribution is 5.84. The Balaban J connectivity index is 1.68. The van der Waals surface area contributed by atoms with Crippen molar-refractivity contribution in [1.82, 2.24) is 29.4 Å². The molecule has 0 amide bonds. The summed E-state index contributed by atoms with van der Waals surface area (Å²) in [5.74, 6) is 0.372. The summed E-state index contributed by atoms with van der Waals surface area (Å²) in [6.45, 7) is 2.83. The lowest BCUT2D eigenvalue weighted by Gasteiger charge is -2.05. The van der Waals surface area contributed by atoms with Crippen LogP contribution < -0.4 is 5.56 Å². The summed E-state index contributed by atoms with van der Waals surface area (Å²) in [6, 6.07) is 9.27. The normalized spacial score (nSPS) is 11.6. The highest BCUT2D eigenvalue weighted by atomic mass is 16.3. The number of benzene rings is 1. The van der Waals surface area contributed by atoms with Crippen LogP contribution in [0, 0.1) is 0 Å². The predicted molar refractivity (Wildman–Crippen MR) is 95.7 cm³/mol. The highest BCUT2D eigenvalue weighted by Crippen LogP contribution is 2.23. The first-order valence-electron chi connectivity index (χ1n) is 8.22. The quantitative estimate of drug-likeness (QED) is 0.542. The van der Waals surface area contributed by atoms with Crippen molar-refractivity contribution in [3.63, 3.8) is 0 Å². The lowest BCUT2D eigenvalue weighted by molar-refractivity contribution is 0.571.